The summed E-state index contributed by atoms with van der Waals surface area (Å²) in [5, 5.41) is 4.54. The first-order valence-electron chi connectivity index (χ1n) is 7.98. The number of hydrogen-bond acceptors (Lipinski definition) is 2. The van der Waals surface area contributed by atoms with Crippen molar-refractivity contribution in [2.45, 2.75) is 57.0 Å². The first-order valence-corrected chi connectivity index (χ1v) is 7.98. The molecule has 1 aromatic rings. The minimum atomic E-state index is -1.25. The largest absolute Gasteiger partial charge is 0.335 e. The first-order chi connectivity index (χ1) is 9.96. The molecule has 1 saturated carbocycles. The lowest BCUT2D eigenvalue weighted by Gasteiger charge is -2.22. The summed E-state index contributed by atoms with van der Waals surface area (Å²) in [6.07, 6.45) is 8.15. The van der Waals surface area contributed by atoms with E-state index in [1.807, 2.05) is 7.05 Å². The minimum Gasteiger partial charge on any atom is -0.335 e. The lowest BCUT2D eigenvalue weighted by molar-refractivity contribution is 0.0758. The Labute approximate surface area is 125 Å². The molecule has 21 heavy (non-hydrogen) atoms. The van der Waals surface area contributed by atoms with Crippen LogP contribution in [0.25, 0.3) is 0 Å². The highest BCUT2D eigenvalue weighted by molar-refractivity contribution is 5.95. The second kappa shape index (κ2) is 5.43. The van der Waals surface area contributed by atoms with E-state index in [0.29, 0.717) is 24.4 Å². The van der Waals surface area contributed by atoms with Gasteiger partial charge in [0.15, 0.2) is 0 Å². The van der Waals surface area contributed by atoms with Crippen LogP contribution in [0.15, 0.2) is 6.20 Å². The van der Waals surface area contributed by atoms with E-state index in [1.54, 1.807) is 22.7 Å². The number of carbonyl (C=O) groups excluding carboxylic acids is 1. The van der Waals surface area contributed by atoms with Crippen molar-refractivity contribution >= 4 is 5.91 Å². The summed E-state index contributed by atoms with van der Waals surface area (Å²) < 4.78 is 15.7. The fourth-order valence-corrected chi connectivity index (χ4v) is 3.62. The van der Waals surface area contributed by atoms with Crippen molar-refractivity contribution in [2.75, 3.05) is 13.1 Å². The molecule has 1 amide bonds. The van der Waals surface area contributed by atoms with E-state index >= 15 is 0 Å². The predicted molar refractivity (Wildman–Crippen MR) is 79.1 cm³/mol. The number of alkyl halides is 1. The lowest BCUT2D eigenvalue weighted by atomic mass is 9.85. The summed E-state index contributed by atoms with van der Waals surface area (Å²) in [6, 6.07) is 0. The Hall–Kier alpha value is -1.39. The molecule has 2 fully saturated rings. The van der Waals surface area contributed by atoms with Crippen molar-refractivity contribution < 1.29 is 9.18 Å². The molecule has 0 bridgehead atoms. The van der Waals surface area contributed by atoms with Gasteiger partial charge in [-0.05, 0) is 19.8 Å². The Morgan fingerprint density at radius 1 is 1.38 bits per heavy atom. The number of nitrogens with zero attached hydrogens (tertiary/aromatic N) is 3. The van der Waals surface area contributed by atoms with Crippen molar-refractivity contribution in [3.63, 3.8) is 0 Å². The fraction of sp³-hybridized carbons (Fsp3) is 0.750. The number of rotatable bonds is 2. The SMILES string of the molecule is Cn1cc(C(=O)N2CCC(C)(F)C2)c(C2CCCCC2)n1. The van der Waals surface area contributed by atoms with Crippen LogP contribution in [0.2, 0.25) is 0 Å². The molecule has 0 aromatic carbocycles. The number of hydrogen-bond donors (Lipinski definition) is 0. The van der Waals surface area contributed by atoms with E-state index in [0.717, 1.165) is 18.5 Å². The Morgan fingerprint density at radius 2 is 2.10 bits per heavy atom. The molecule has 3 rings (SSSR count). The second-order valence-electron chi connectivity index (χ2n) is 6.83. The zero-order valence-corrected chi connectivity index (χ0v) is 12.9. The molecule has 1 aromatic heterocycles. The van der Waals surface area contributed by atoms with Crippen LogP contribution in [0.3, 0.4) is 0 Å². The number of aromatic nitrogens is 2. The van der Waals surface area contributed by atoms with Crippen molar-refractivity contribution in [1.29, 1.82) is 0 Å². The molecular formula is C16H24FN3O. The number of halogens is 1. The fourth-order valence-electron chi connectivity index (χ4n) is 3.62. The van der Waals surface area contributed by atoms with Crippen molar-refractivity contribution in [2.24, 2.45) is 7.05 Å². The van der Waals surface area contributed by atoms with Crippen LogP contribution in [0.1, 0.15) is 67.4 Å². The highest BCUT2D eigenvalue weighted by Gasteiger charge is 2.37. The van der Waals surface area contributed by atoms with E-state index in [2.05, 4.69) is 5.10 Å². The topological polar surface area (TPSA) is 38.1 Å². The van der Waals surface area contributed by atoms with Gasteiger partial charge in [0.05, 0.1) is 17.8 Å². The van der Waals surface area contributed by atoms with E-state index in [-0.39, 0.29) is 12.5 Å². The minimum absolute atomic E-state index is 0.0509. The predicted octanol–water partition coefficient (Wildman–Crippen LogP) is 3.04. The smallest absolute Gasteiger partial charge is 0.257 e. The molecule has 5 heteroatoms. The zero-order valence-electron chi connectivity index (χ0n) is 12.9. The van der Waals surface area contributed by atoms with Crippen LogP contribution in [-0.4, -0.2) is 39.3 Å². The molecule has 2 aliphatic rings. The monoisotopic (exact) mass is 293 g/mol. The average Bonchev–Trinajstić information content (AvgIpc) is 3.02. The van der Waals surface area contributed by atoms with Gasteiger partial charge < -0.3 is 4.90 Å². The van der Waals surface area contributed by atoms with Crippen molar-refractivity contribution in [3.05, 3.63) is 17.5 Å². The van der Waals surface area contributed by atoms with Crippen molar-refractivity contribution in [3.8, 4) is 0 Å². The first kappa shape index (κ1) is 14.5. The molecule has 116 valence electrons. The molecule has 2 heterocycles. The summed E-state index contributed by atoms with van der Waals surface area (Å²) in [5.41, 5.74) is 0.361. The molecular weight excluding hydrogens is 269 g/mol. The summed E-state index contributed by atoms with van der Waals surface area (Å²) in [6.45, 7) is 2.28. The summed E-state index contributed by atoms with van der Waals surface area (Å²) in [4.78, 5) is 14.4. The third-order valence-electron chi connectivity index (χ3n) is 4.79. The summed E-state index contributed by atoms with van der Waals surface area (Å²) in [5.74, 6) is 0.336. The van der Waals surface area contributed by atoms with Crippen LogP contribution in [0.4, 0.5) is 4.39 Å². The Bertz CT molecular complexity index is 532. The number of aryl methyl sites for hydroxylation is 1. The van der Waals surface area contributed by atoms with Gasteiger partial charge in [0.2, 0.25) is 0 Å². The van der Waals surface area contributed by atoms with Gasteiger partial charge in [0, 0.05) is 32.1 Å². The van der Waals surface area contributed by atoms with Crippen LogP contribution < -0.4 is 0 Å². The van der Waals surface area contributed by atoms with E-state index in [4.69, 9.17) is 0 Å². The molecule has 0 radical (unpaired) electrons. The number of likely N-dealkylation sites (tertiary alicyclic amines) is 1. The van der Waals surface area contributed by atoms with Gasteiger partial charge in [-0.1, -0.05) is 19.3 Å². The molecule has 0 N–H and O–H groups in total. The standard InChI is InChI=1S/C16H24FN3O/c1-16(17)8-9-20(11-16)15(21)13-10-19(2)18-14(13)12-6-4-3-5-7-12/h10,12H,3-9,11H2,1-2H3. The van der Waals surface area contributed by atoms with Gasteiger partial charge in [-0.2, -0.15) is 5.10 Å². The van der Waals surface area contributed by atoms with Gasteiger partial charge in [0.1, 0.15) is 5.67 Å². The normalized spacial score (nSPS) is 27.3. The Morgan fingerprint density at radius 3 is 2.71 bits per heavy atom. The van der Waals surface area contributed by atoms with Gasteiger partial charge in [-0.25, -0.2) is 4.39 Å². The maximum Gasteiger partial charge on any atom is 0.257 e. The highest BCUT2D eigenvalue weighted by atomic mass is 19.1. The second-order valence-corrected chi connectivity index (χ2v) is 6.83. The molecule has 0 spiro atoms. The highest BCUT2D eigenvalue weighted by Crippen LogP contribution is 2.34. The molecule has 1 aliphatic carbocycles. The van der Waals surface area contributed by atoms with Crippen LogP contribution >= 0.6 is 0 Å². The van der Waals surface area contributed by atoms with Crippen molar-refractivity contribution in [1.82, 2.24) is 14.7 Å². The van der Waals surface area contributed by atoms with Gasteiger partial charge in [0.25, 0.3) is 5.91 Å². The van der Waals surface area contributed by atoms with Crippen LogP contribution in [0.5, 0.6) is 0 Å². The quantitative estimate of drug-likeness (QED) is 0.840. The molecule has 1 unspecified atom stereocenters. The van der Waals surface area contributed by atoms with Crippen LogP contribution in [0, 0.1) is 0 Å². The zero-order chi connectivity index (χ0) is 15.0. The maximum absolute atomic E-state index is 14.0. The lowest BCUT2D eigenvalue weighted by Crippen LogP contribution is -2.32. The average molecular weight is 293 g/mol. The van der Waals surface area contributed by atoms with E-state index in [9.17, 15) is 9.18 Å². The maximum atomic E-state index is 14.0. The Kier molecular flexibility index (Phi) is 3.76. The number of carbonyl (C=O) groups is 1. The summed E-state index contributed by atoms with van der Waals surface area (Å²) in [7, 11) is 1.85. The molecule has 4 nitrogen and oxygen atoms in total. The Balaban J connectivity index is 1.83. The van der Waals surface area contributed by atoms with Crippen LogP contribution in [-0.2, 0) is 7.05 Å². The van der Waals surface area contributed by atoms with E-state index < -0.39 is 5.67 Å². The van der Waals surface area contributed by atoms with Gasteiger partial charge in [-0.3, -0.25) is 9.48 Å². The van der Waals surface area contributed by atoms with E-state index in [1.165, 1.54) is 19.3 Å². The third kappa shape index (κ3) is 2.97. The van der Waals surface area contributed by atoms with Gasteiger partial charge >= 0.3 is 0 Å². The molecule has 1 saturated heterocycles. The molecule has 1 aliphatic heterocycles. The third-order valence-corrected chi connectivity index (χ3v) is 4.79. The number of amides is 1. The summed E-state index contributed by atoms with van der Waals surface area (Å²) >= 11 is 0. The molecule has 1 atom stereocenters. The van der Waals surface area contributed by atoms with Gasteiger partial charge in [-0.15, -0.1) is 0 Å².